The van der Waals surface area contributed by atoms with E-state index in [-0.39, 0.29) is 19.5 Å². The maximum atomic E-state index is 8.81. The Balaban J connectivity index is 0. The topological polar surface area (TPSA) is 17.1 Å². The molecular weight excluding hydrogens is 105 g/mol. The van der Waals surface area contributed by atoms with E-state index in [1.807, 2.05) is 0 Å². The summed E-state index contributed by atoms with van der Waals surface area (Å²) in [5.41, 5.74) is 0. The maximum Gasteiger partial charge on any atom is 0.116 e. The first-order valence-corrected chi connectivity index (χ1v) is 0.813. The van der Waals surface area contributed by atoms with Gasteiger partial charge in [0, 0.05) is 19.5 Å². The van der Waals surface area contributed by atoms with Crippen LogP contribution in [-0.2, 0) is 24.3 Å². The van der Waals surface area contributed by atoms with Crippen LogP contribution < -0.4 is 0 Å². The molecule has 4 heavy (non-hydrogen) atoms. The van der Waals surface area contributed by atoms with Crippen molar-refractivity contribution < 1.29 is 24.3 Å². The maximum absolute atomic E-state index is 8.81. The second-order valence-electron chi connectivity index (χ2n) is 0.236. The van der Waals surface area contributed by atoms with E-state index >= 15 is 0 Å². The van der Waals surface area contributed by atoms with Crippen LogP contribution in [0.15, 0.2) is 0 Å². The van der Waals surface area contributed by atoms with Crippen molar-refractivity contribution in [3.05, 3.63) is 0 Å². The Labute approximate surface area is 38.1 Å². The molecule has 0 N–H and O–H groups in total. The van der Waals surface area contributed by atoms with Crippen LogP contribution in [-0.4, -0.2) is 6.29 Å². The molecule has 0 aliphatic rings. The monoisotopic (exact) mass is 108 g/mol. The first kappa shape index (κ1) is 8.85. The number of hydrogen-bond donors (Lipinski definition) is 0. The molecule has 0 spiro atoms. The zero-order chi connectivity index (χ0) is 2.71. The average Bonchev–Trinajstić information content (AvgIpc) is 0.918. The third kappa shape index (κ3) is 44.6. The predicted molar refractivity (Wildman–Crippen MR) is 11.7 cm³/mol. The van der Waals surface area contributed by atoms with Crippen molar-refractivity contribution in [3.63, 3.8) is 0 Å². The Bertz CT molecular complexity index is 13.5. The molecule has 0 unspecified atom stereocenters. The van der Waals surface area contributed by atoms with Crippen molar-refractivity contribution in [2.24, 2.45) is 0 Å². The van der Waals surface area contributed by atoms with E-state index in [4.69, 9.17) is 4.79 Å². The minimum absolute atomic E-state index is 0. The minimum Gasteiger partial charge on any atom is -0.304 e. The van der Waals surface area contributed by atoms with Gasteiger partial charge in [-0.1, -0.05) is 0 Å². The van der Waals surface area contributed by atoms with Crippen LogP contribution in [0.5, 0.6) is 0 Å². The molecule has 20 valence electrons. The molecule has 0 heterocycles. The molecule has 1 nitrogen and oxygen atoms in total. The van der Waals surface area contributed by atoms with Crippen LogP contribution in [0.4, 0.5) is 0 Å². The second kappa shape index (κ2) is 10.4. The molecule has 0 saturated carbocycles. The Morgan fingerprint density at radius 3 is 1.75 bits per heavy atom. The standard InChI is InChI=1S/C2H4O.Zn/c1-2-3;/h2H,1H3;. The van der Waals surface area contributed by atoms with Crippen molar-refractivity contribution in [2.75, 3.05) is 0 Å². The fraction of sp³-hybridized carbons (Fsp3) is 0.500. The van der Waals surface area contributed by atoms with E-state index in [1.54, 1.807) is 0 Å². The third-order valence-electron chi connectivity index (χ3n) is 0. The number of carbonyl (C=O) groups is 1. The average molecular weight is 109 g/mol. The molecular formula is C2H4OZn. The van der Waals surface area contributed by atoms with Gasteiger partial charge in [-0.05, 0) is 6.92 Å². The summed E-state index contributed by atoms with van der Waals surface area (Å²) in [5, 5.41) is 0. The van der Waals surface area contributed by atoms with Gasteiger partial charge in [-0.3, -0.25) is 0 Å². The van der Waals surface area contributed by atoms with Crippen LogP contribution in [0.1, 0.15) is 6.92 Å². The first-order chi connectivity index (χ1) is 1.41. The predicted octanol–water partition coefficient (Wildman–Crippen LogP) is 0.203. The zero-order valence-electron chi connectivity index (χ0n) is 2.69. The summed E-state index contributed by atoms with van der Waals surface area (Å²) in [6, 6.07) is 0. The van der Waals surface area contributed by atoms with Crippen molar-refractivity contribution in [1.29, 1.82) is 0 Å². The molecule has 2 heteroatoms. The van der Waals surface area contributed by atoms with Gasteiger partial charge in [-0.2, -0.15) is 0 Å². The summed E-state index contributed by atoms with van der Waals surface area (Å²) in [7, 11) is 0. The van der Waals surface area contributed by atoms with Crippen molar-refractivity contribution in [2.45, 2.75) is 6.92 Å². The summed E-state index contributed by atoms with van der Waals surface area (Å²) >= 11 is 0. The van der Waals surface area contributed by atoms with Gasteiger partial charge in [-0.15, -0.1) is 0 Å². The van der Waals surface area contributed by atoms with E-state index in [1.165, 1.54) is 6.92 Å². The number of aldehydes is 1. The molecule has 0 radical (unpaired) electrons. The molecule has 0 bridgehead atoms. The Hall–Kier alpha value is 0.293. The van der Waals surface area contributed by atoms with Crippen molar-refractivity contribution in [1.82, 2.24) is 0 Å². The van der Waals surface area contributed by atoms with E-state index in [2.05, 4.69) is 0 Å². The first-order valence-electron chi connectivity index (χ1n) is 0.813. The van der Waals surface area contributed by atoms with Gasteiger partial charge in [0.25, 0.3) is 0 Å². The Morgan fingerprint density at radius 2 is 1.75 bits per heavy atom. The third-order valence-corrected chi connectivity index (χ3v) is 0. The van der Waals surface area contributed by atoms with Gasteiger partial charge in [0.15, 0.2) is 0 Å². The molecule has 0 aromatic rings. The smallest absolute Gasteiger partial charge is 0.116 e. The van der Waals surface area contributed by atoms with Crippen LogP contribution in [0.25, 0.3) is 0 Å². The van der Waals surface area contributed by atoms with E-state index in [9.17, 15) is 0 Å². The Morgan fingerprint density at radius 1 is 1.75 bits per heavy atom. The van der Waals surface area contributed by atoms with E-state index in [0.29, 0.717) is 0 Å². The van der Waals surface area contributed by atoms with Crippen LogP contribution >= 0.6 is 0 Å². The number of carbonyl (C=O) groups excluding carboxylic acids is 1. The quantitative estimate of drug-likeness (QED) is 0.321. The van der Waals surface area contributed by atoms with Crippen LogP contribution in [0, 0.1) is 0 Å². The normalized spacial score (nSPS) is 3.25. The van der Waals surface area contributed by atoms with E-state index in [0.717, 1.165) is 6.29 Å². The molecule has 0 amide bonds. The van der Waals surface area contributed by atoms with Gasteiger partial charge in [-0.25, -0.2) is 0 Å². The summed E-state index contributed by atoms with van der Waals surface area (Å²) < 4.78 is 0. The molecule has 0 aromatic carbocycles. The molecule has 0 aromatic heterocycles. The summed E-state index contributed by atoms with van der Waals surface area (Å²) in [5.74, 6) is 0. The SMILES string of the molecule is CC=O.[Zn]. The van der Waals surface area contributed by atoms with Gasteiger partial charge in [0.1, 0.15) is 6.29 Å². The summed E-state index contributed by atoms with van der Waals surface area (Å²) in [6.45, 7) is 1.44. The van der Waals surface area contributed by atoms with Gasteiger partial charge in [0.2, 0.25) is 0 Å². The molecule has 0 atom stereocenters. The fourth-order valence-corrected chi connectivity index (χ4v) is 0. The molecule has 0 saturated heterocycles. The second-order valence-corrected chi connectivity index (χ2v) is 0.236. The Kier molecular flexibility index (Phi) is 22.9. The van der Waals surface area contributed by atoms with Crippen LogP contribution in [0.2, 0.25) is 0 Å². The number of hydrogen-bond acceptors (Lipinski definition) is 1. The van der Waals surface area contributed by atoms with E-state index < -0.39 is 0 Å². The van der Waals surface area contributed by atoms with Gasteiger partial charge >= 0.3 is 0 Å². The van der Waals surface area contributed by atoms with Gasteiger partial charge in [0.05, 0.1) is 0 Å². The molecule has 0 aliphatic heterocycles. The molecule has 0 fully saturated rings. The fourth-order valence-electron chi connectivity index (χ4n) is 0. The van der Waals surface area contributed by atoms with Crippen molar-refractivity contribution in [3.8, 4) is 0 Å². The zero-order valence-corrected chi connectivity index (χ0v) is 5.66. The summed E-state index contributed by atoms with van der Waals surface area (Å²) in [4.78, 5) is 8.81. The largest absolute Gasteiger partial charge is 0.304 e. The molecule has 0 aliphatic carbocycles. The number of rotatable bonds is 0. The minimum atomic E-state index is 0. The van der Waals surface area contributed by atoms with Crippen molar-refractivity contribution >= 4 is 6.29 Å². The summed E-state index contributed by atoms with van der Waals surface area (Å²) in [6.07, 6.45) is 0.750. The van der Waals surface area contributed by atoms with Gasteiger partial charge < -0.3 is 4.79 Å². The van der Waals surface area contributed by atoms with Crippen LogP contribution in [0.3, 0.4) is 0 Å². The molecule has 0 rings (SSSR count).